The smallest absolute Gasteiger partial charge is 0.313 e. The number of allylic oxidation sites excluding steroid dienone is 1. The minimum atomic E-state index is -1.15. The largest absolute Gasteiger partial charge is 0.455 e. The predicted molar refractivity (Wildman–Crippen MR) is 179 cm³/mol. The molecule has 10 heteroatoms. The van der Waals surface area contributed by atoms with E-state index in [1.807, 2.05) is 44.2 Å². The van der Waals surface area contributed by atoms with Crippen LogP contribution in [0.2, 0.25) is 0 Å². The predicted octanol–water partition coefficient (Wildman–Crippen LogP) is 4.43. The molecule has 47 heavy (non-hydrogen) atoms. The van der Waals surface area contributed by atoms with Crippen LogP contribution in [0.1, 0.15) is 83.8 Å². The van der Waals surface area contributed by atoms with Crippen molar-refractivity contribution < 1.29 is 33.8 Å². The van der Waals surface area contributed by atoms with Crippen LogP contribution < -0.4 is 0 Å². The van der Waals surface area contributed by atoms with Crippen molar-refractivity contribution in [3.63, 3.8) is 0 Å². The fourth-order valence-corrected chi connectivity index (χ4v) is 7.82. The fraction of sp³-hybridized carbons (Fsp3) is 0.622. The second-order valence-corrected chi connectivity index (χ2v) is 13.3. The van der Waals surface area contributed by atoms with Gasteiger partial charge in [0.1, 0.15) is 17.7 Å². The standard InChI is InChI=1S/C37H53N3O7/c1-7-10-19-29(42)38(6)26(5)32(27-17-12-11-13-18-27)46-36(45)30-28-20-21-37(47-28)31(30)34(43)40(23-14-15-24-41)33(37)35(44)39(22-9-3)25(4)16-8-2/h7,9,11-13,17-18,25-26,28,30-33,41H,1,3,8,10,14-16,19-24H2,2,4-6H3/t25?,26-,28-,30+,31+,32+,33-,37+/m1/s1. The molecule has 0 aromatic heterocycles. The van der Waals surface area contributed by atoms with Gasteiger partial charge in [-0.1, -0.05) is 55.8 Å². The third-order valence-electron chi connectivity index (χ3n) is 10.3. The number of nitrogens with zero attached hydrogens (tertiary/aromatic N) is 3. The van der Waals surface area contributed by atoms with Crippen LogP contribution >= 0.6 is 0 Å². The van der Waals surface area contributed by atoms with Crippen LogP contribution in [0.25, 0.3) is 0 Å². The Bertz CT molecular complexity index is 1290. The second-order valence-electron chi connectivity index (χ2n) is 13.3. The SMILES string of the molecule is C=CCCC(=O)N(C)[C@H](C)[C@H](OC(=O)[C@@H]1[C@H]2C(=O)N(CCCCO)[C@H](C(=O)N(CC=C)C(C)CCC)[C@]23CC[C@H]1O3)c1ccccc1. The van der Waals surface area contributed by atoms with Gasteiger partial charge in [0, 0.05) is 39.2 Å². The molecule has 1 N–H and O–H groups in total. The lowest BCUT2D eigenvalue weighted by atomic mass is 9.70. The molecule has 3 heterocycles. The molecule has 258 valence electrons. The van der Waals surface area contributed by atoms with Gasteiger partial charge in [-0.05, 0) is 57.9 Å². The molecule has 8 atom stereocenters. The van der Waals surface area contributed by atoms with E-state index in [2.05, 4.69) is 20.1 Å². The van der Waals surface area contributed by atoms with E-state index in [1.165, 1.54) is 0 Å². The summed E-state index contributed by atoms with van der Waals surface area (Å²) in [7, 11) is 1.70. The zero-order chi connectivity index (χ0) is 34.3. The number of aliphatic hydroxyl groups excluding tert-OH is 1. The quantitative estimate of drug-likeness (QED) is 0.142. The zero-order valence-corrected chi connectivity index (χ0v) is 28.5. The van der Waals surface area contributed by atoms with Crippen LogP contribution in [0, 0.1) is 11.8 Å². The Morgan fingerprint density at radius 3 is 2.53 bits per heavy atom. The molecule has 3 saturated heterocycles. The van der Waals surface area contributed by atoms with Crippen LogP contribution in [0.4, 0.5) is 0 Å². The highest BCUT2D eigenvalue weighted by Gasteiger charge is 2.75. The number of unbranched alkanes of at least 4 members (excludes halogenated alkanes) is 1. The van der Waals surface area contributed by atoms with Crippen LogP contribution in [0.5, 0.6) is 0 Å². The average Bonchev–Trinajstić information content (AvgIpc) is 3.71. The Morgan fingerprint density at radius 2 is 1.89 bits per heavy atom. The van der Waals surface area contributed by atoms with Gasteiger partial charge in [-0.15, -0.1) is 13.2 Å². The van der Waals surface area contributed by atoms with E-state index in [4.69, 9.17) is 9.47 Å². The number of esters is 1. The van der Waals surface area contributed by atoms with Crippen molar-refractivity contribution in [1.29, 1.82) is 0 Å². The first-order chi connectivity index (χ1) is 22.6. The van der Waals surface area contributed by atoms with Gasteiger partial charge < -0.3 is 29.3 Å². The van der Waals surface area contributed by atoms with Gasteiger partial charge in [0.15, 0.2) is 0 Å². The van der Waals surface area contributed by atoms with E-state index in [0.717, 1.165) is 18.4 Å². The summed E-state index contributed by atoms with van der Waals surface area (Å²) < 4.78 is 12.9. The van der Waals surface area contributed by atoms with Crippen molar-refractivity contribution in [2.45, 2.75) is 108 Å². The molecule has 3 amide bonds. The molecule has 3 fully saturated rings. The van der Waals surface area contributed by atoms with E-state index < -0.39 is 47.7 Å². The molecule has 1 spiro atoms. The van der Waals surface area contributed by atoms with Gasteiger partial charge in [-0.2, -0.15) is 0 Å². The summed E-state index contributed by atoms with van der Waals surface area (Å²) in [6, 6.07) is 7.84. The number of benzene rings is 1. The zero-order valence-electron chi connectivity index (χ0n) is 28.5. The molecule has 0 aliphatic carbocycles. The van der Waals surface area contributed by atoms with Gasteiger partial charge >= 0.3 is 5.97 Å². The number of likely N-dealkylation sites (tertiary alicyclic amines) is 1. The average molecular weight is 652 g/mol. The highest BCUT2D eigenvalue weighted by molar-refractivity contribution is 5.98. The first-order valence-electron chi connectivity index (χ1n) is 17.2. The monoisotopic (exact) mass is 651 g/mol. The number of carbonyl (C=O) groups excluding carboxylic acids is 4. The topological polar surface area (TPSA) is 117 Å². The molecule has 4 rings (SSSR count). The third-order valence-corrected chi connectivity index (χ3v) is 10.3. The molecule has 1 aromatic carbocycles. The van der Waals surface area contributed by atoms with E-state index in [9.17, 15) is 24.3 Å². The van der Waals surface area contributed by atoms with Crippen molar-refractivity contribution in [1.82, 2.24) is 14.7 Å². The molecule has 10 nitrogen and oxygen atoms in total. The normalized spacial score (nSPS) is 26.3. The molecular formula is C37H53N3O7. The Balaban J connectivity index is 1.68. The molecule has 1 unspecified atom stereocenters. The van der Waals surface area contributed by atoms with E-state index >= 15 is 0 Å². The Labute approximate surface area is 279 Å². The third kappa shape index (κ3) is 7.18. The van der Waals surface area contributed by atoms with Crippen LogP contribution in [-0.2, 0) is 28.7 Å². The number of likely N-dealkylation sites (N-methyl/N-ethyl adjacent to an activating group) is 1. The summed E-state index contributed by atoms with van der Waals surface area (Å²) in [6.45, 7) is 14.1. The second kappa shape index (κ2) is 16.1. The first-order valence-corrected chi connectivity index (χ1v) is 17.2. The number of carbonyl (C=O) groups is 4. The summed E-state index contributed by atoms with van der Waals surface area (Å²) >= 11 is 0. The molecule has 0 radical (unpaired) electrons. The van der Waals surface area contributed by atoms with Crippen molar-refractivity contribution in [2.24, 2.45) is 11.8 Å². The van der Waals surface area contributed by atoms with Gasteiger partial charge in [0.05, 0.1) is 24.0 Å². The van der Waals surface area contributed by atoms with Crippen LogP contribution in [0.3, 0.4) is 0 Å². The van der Waals surface area contributed by atoms with Crippen molar-refractivity contribution >= 4 is 23.7 Å². The summed E-state index contributed by atoms with van der Waals surface area (Å²) in [5.41, 5.74) is -0.421. The lowest BCUT2D eigenvalue weighted by Crippen LogP contribution is -2.58. The van der Waals surface area contributed by atoms with Crippen molar-refractivity contribution in [2.75, 3.05) is 26.7 Å². The Kier molecular flexibility index (Phi) is 12.4. The molecular weight excluding hydrogens is 598 g/mol. The highest BCUT2D eigenvalue weighted by atomic mass is 16.6. The lowest BCUT2D eigenvalue weighted by molar-refractivity contribution is -0.164. The number of hydrogen-bond acceptors (Lipinski definition) is 7. The number of ether oxygens (including phenoxy) is 2. The number of rotatable bonds is 18. The maximum atomic E-state index is 14.5. The summed E-state index contributed by atoms with van der Waals surface area (Å²) in [5.74, 6) is -2.90. The van der Waals surface area contributed by atoms with Gasteiger partial charge in [0.2, 0.25) is 17.7 Å². The molecule has 0 saturated carbocycles. The summed E-state index contributed by atoms with van der Waals surface area (Å²) in [6.07, 6.45) is 6.55. The molecule has 3 aliphatic heterocycles. The van der Waals surface area contributed by atoms with E-state index in [0.29, 0.717) is 45.1 Å². The van der Waals surface area contributed by atoms with Gasteiger partial charge in [-0.3, -0.25) is 19.2 Å². The Morgan fingerprint density at radius 1 is 1.17 bits per heavy atom. The molecule has 2 bridgehead atoms. The summed E-state index contributed by atoms with van der Waals surface area (Å²) in [4.78, 5) is 61.1. The fourth-order valence-electron chi connectivity index (χ4n) is 7.82. The lowest BCUT2D eigenvalue weighted by Gasteiger charge is -2.39. The van der Waals surface area contributed by atoms with E-state index in [-0.39, 0.29) is 36.9 Å². The maximum absolute atomic E-state index is 14.5. The minimum Gasteiger partial charge on any atom is -0.455 e. The maximum Gasteiger partial charge on any atom is 0.313 e. The Hall–Kier alpha value is -3.50. The van der Waals surface area contributed by atoms with E-state index in [1.54, 1.807) is 33.9 Å². The van der Waals surface area contributed by atoms with Crippen LogP contribution in [0.15, 0.2) is 55.6 Å². The number of amides is 3. The van der Waals surface area contributed by atoms with Crippen LogP contribution in [-0.4, -0.2) is 100 Å². The van der Waals surface area contributed by atoms with Crippen molar-refractivity contribution in [3.8, 4) is 0 Å². The number of aliphatic hydroxyl groups is 1. The number of fused-ring (bicyclic) bond motifs is 1. The first kappa shape index (κ1) is 36.3. The number of hydrogen-bond donors (Lipinski definition) is 1. The van der Waals surface area contributed by atoms with Gasteiger partial charge in [-0.25, -0.2) is 0 Å². The molecule has 3 aliphatic rings. The molecule has 1 aromatic rings. The highest BCUT2D eigenvalue weighted by Crippen LogP contribution is 2.59. The van der Waals surface area contributed by atoms with Crippen molar-refractivity contribution in [3.05, 3.63) is 61.2 Å². The van der Waals surface area contributed by atoms with Gasteiger partial charge in [0.25, 0.3) is 0 Å². The minimum absolute atomic E-state index is 0.0253. The summed E-state index contributed by atoms with van der Waals surface area (Å²) in [5, 5.41) is 9.48.